The Morgan fingerprint density at radius 1 is 0.867 bits per heavy atom. The van der Waals surface area contributed by atoms with Gasteiger partial charge < -0.3 is 10.2 Å². The number of halogens is 2. The van der Waals surface area contributed by atoms with Gasteiger partial charge in [-0.2, -0.15) is 0 Å². The molecule has 234 valence electrons. The summed E-state index contributed by atoms with van der Waals surface area (Å²) in [5, 5.41) is 3.12. The molecule has 0 unspecified atom stereocenters. The molecule has 0 spiro atoms. The summed E-state index contributed by atoms with van der Waals surface area (Å²) in [5.41, 5.74) is 1.30. The summed E-state index contributed by atoms with van der Waals surface area (Å²) in [5.74, 6) is -1.51. The third kappa shape index (κ3) is 8.18. The van der Waals surface area contributed by atoms with Crippen LogP contribution in [0.15, 0.2) is 119 Å². The lowest BCUT2D eigenvalue weighted by Gasteiger charge is -2.34. The molecule has 0 saturated heterocycles. The summed E-state index contributed by atoms with van der Waals surface area (Å²) in [7, 11) is -4.21. The van der Waals surface area contributed by atoms with Gasteiger partial charge in [0.2, 0.25) is 11.8 Å². The van der Waals surface area contributed by atoms with Gasteiger partial charge in [0, 0.05) is 29.0 Å². The van der Waals surface area contributed by atoms with E-state index in [1.54, 1.807) is 60.7 Å². The number of nitrogens with one attached hydrogen (secondary N) is 1. The van der Waals surface area contributed by atoms with Crippen molar-refractivity contribution >= 4 is 43.5 Å². The van der Waals surface area contributed by atoms with Gasteiger partial charge in [0.05, 0.1) is 10.6 Å². The van der Waals surface area contributed by atoms with Gasteiger partial charge >= 0.3 is 0 Å². The van der Waals surface area contributed by atoms with Crippen molar-refractivity contribution in [2.75, 3.05) is 10.8 Å². The average molecular weight is 693 g/mol. The van der Waals surface area contributed by atoms with E-state index in [4.69, 9.17) is 0 Å². The maximum absolute atomic E-state index is 15.1. The lowest BCUT2D eigenvalue weighted by atomic mass is 10.0. The summed E-state index contributed by atoms with van der Waals surface area (Å²) in [6.45, 7) is -0.830. The Hall–Kier alpha value is -4.02. The molecule has 1 fully saturated rings. The number of hydrogen-bond acceptors (Lipinski definition) is 4. The number of benzene rings is 4. The van der Waals surface area contributed by atoms with E-state index in [1.807, 2.05) is 30.3 Å². The van der Waals surface area contributed by atoms with E-state index in [-0.39, 0.29) is 41.1 Å². The van der Waals surface area contributed by atoms with Crippen LogP contribution in [0.25, 0.3) is 0 Å². The van der Waals surface area contributed by atoms with E-state index in [0.717, 1.165) is 35.6 Å². The zero-order valence-electron chi connectivity index (χ0n) is 24.7. The first-order chi connectivity index (χ1) is 21.7. The summed E-state index contributed by atoms with van der Waals surface area (Å²) < 4.78 is 44.8. The molecule has 2 amide bonds. The van der Waals surface area contributed by atoms with Crippen LogP contribution in [0.1, 0.15) is 36.8 Å². The first-order valence-electron chi connectivity index (χ1n) is 14.9. The van der Waals surface area contributed by atoms with Crippen molar-refractivity contribution in [1.82, 2.24) is 10.2 Å². The van der Waals surface area contributed by atoms with E-state index >= 15 is 4.39 Å². The summed E-state index contributed by atoms with van der Waals surface area (Å²) in [6.07, 6.45) is 3.87. The van der Waals surface area contributed by atoms with Crippen LogP contribution in [0, 0.1) is 5.82 Å². The molecule has 1 N–H and O–H groups in total. The molecule has 5 rings (SSSR count). The molecule has 10 heteroatoms. The zero-order valence-corrected chi connectivity index (χ0v) is 27.1. The highest BCUT2D eigenvalue weighted by molar-refractivity contribution is 9.10. The lowest BCUT2D eigenvalue weighted by Crippen LogP contribution is -2.54. The highest BCUT2D eigenvalue weighted by atomic mass is 79.9. The Morgan fingerprint density at radius 2 is 1.51 bits per heavy atom. The van der Waals surface area contributed by atoms with E-state index in [9.17, 15) is 18.0 Å². The Bertz CT molecular complexity index is 1720. The first kappa shape index (κ1) is 32.4. The molecular formula is C35H35BrFN3O4S. The van der Waals surface area contributed by atoms with Crippen molar-refractivity contribution in [1.29, 1.82) is 0 Å². The van der Waals surface area contributed by atoms with Crippen LogP contribution in [-0.2, 0) is 32.6 Å². The number of amides is 2. The SMILES string of the molecule is O=C(NC1CCCC1)[C@@H](Cc1ccccc1)N(Cc1ccccc1F)C(=O)CN(c1cccc(Br)c1)S(=O)(=O)c1ccccc1. The molecule has 45 heavy (non-hydrogen) atoms. The van der Waals surface area contributed by atoms with Gasteiger partial charge in [0.25, 0.3) is 10.0 Å². The number of rotatable bonds is 12. The zero-order chi connectivity index (χ0) is 31.8. The number of nitrogens with zero attached hydrogens (tertiary/aromatic N) is 2. The van der Waals surface area contributed by atoms with E-state index in [0.29, 0.717) is 4.47 Å². The molecule has 0 aliphatic heterocycles. The normalized spacial score (nSPS) is 14.1. The molecular weight excluding hydrogens is 657 g/mol. The molecule has 4 aromatic rings. The molecule has 4 aromatic carbocycles. The van der Waals surface area contributed by atoms with Crippen molar-refractivity contribution in [2.24, 2.45) is 0 Å². The quantitative estimate of drug-likeness (QED) is 0.184. The maximum Gasteiger partial charge on any atom is 0.264 e. The molecule has 0 radical (unpaired) electrons. The number of carbonyl (C=O) groups excluding carboxylic acids is 2. The van der Waals surface area contributed by atoms with E-state index in [2.05, 4.69) is 21.2 Å². The molecule has 1 aliphatic carbocycles. The second-order valence-corrected chi connectivity index (χ2v) is 13.9. The van der Waals surface area contributed by atoms with Crippen LogP contribution in [0.5, 0.6) is 0 Å². The largest absolute Gasteiger partial charge is 0.352 e. The van der Waals surface area contributed by atoms with Crippen LogP contribution in [0.3, 0.4) is 0 Å². The third-order valence-electron chi connectivity index (χ3n) is 7.98. The molecule has 0 heterocycles. The van der Waals surface area contributed by atoms with Crippen LogP contribution >= 0.6 is 15.9 Å². The summed E-state index contributed by atoms with van der Waals surface area (Å²) in [4.78, 5) is 29.8. The van der Waals surface area contributed by atoms with Gasteiger partial charge in [-0.15, -0.1) is 0 Å². The van der Waals surface area contributed by atoms with Crippen LogP contribution < -0.4 is 9.62 Å². The second kappa shape index (κ2) is 14.8. The van der Waals surface area contributed by atoms with E-state index < -0.39 is 34.3 Å². The number of sulfonamides is 1. The van der Waals surface area contributed by atoms with Crippen LogP contribution in [0.4, 0.5) is 10.1 Å². The Morgan fingerprint density at radius 3 is 2.18 bits per heavy atom. The minimum atomic E-state index is -4.21. The minimum absolute atomic E-state index is 0.0123. The maximum atomic E-state index is 15.1. The number of carbonyl (C=O) groups is 2. The second-order valence-electron chi connectivity index (χ2n) is 11.1. The monoisotopic (exact) mass is 691 g/mol. The first-order valence-corrected chi connectivity index (χ1v) is 17.2. The van der Waals surface area contributed by atoms with Crippen molar-refractivity contribution in [3.63, 3.8) is 0 Å². The minimum Gasteiger partial charge on any atom is -0.352 e. The topological polar surface area (TPSA) is 86.8 Å². The van der Waals surface area contributed by atoms with Crippen LogP contribution in [-0.4, -0.2) is 43.8 Å². The van der Waals surface area contributed by atoms with Gasteiger partial charge in [-0.1, -0.05) is 102 Å². The molecule has 0 aromatic heterocycles. The molecule has 1 saturated carbocycles. The fourth-order valence-corrected chi connectivity index (χ4v) is 7.43. The van der Waals surface area contributed by atoms with Gasteiger partial charge in [-0.25, -0.2) is 12.8 Å². The fraction of sp³-hybridized carbons (Fsp3) is 0.257. The molecule has 1 atom stereocenters. The lowest BCUT2D eigenvalue weighted by molar-refractivity contribution is -0.140. The fourth-order valence-electron chi connectivity index (χ4n) is 5.61. The number of hydrogen-bond donors (Lipinski definition) is 1. The smallest absolute Gasteiger partial charge is 0.264 e. The van der Waals surface area contributed by atoms with Gasteiger partial charge in [-0.05, 0) is 54.8 Å². The van der Waals surface area contributed by atoms with Crippen LogP contribution in [0.2, 0.25) is 0 Å². The van der Waals surface area contributed by atoms with Gasteiger partial charge in [0.1, 0.15) is 18.4 Å². The highest BCUT2D eigenvalue weighted by Gasteiger charge is 2.36. The average Bonchev–Trinajstić information content (AvgIpc) is 3.56. The van der Waals surface area contributed by atoms with E-state index in [1.165, 1.54) is 23.1 Å². The standard InChI is InChI=1S/C35H35BrFN3O4S/c36-28-15-11-18-30(23-28)40(45(43,44)31-19-5-2-6-20-31)25-34(41)39(24-27-14-7-10-21-32(27)37)33(22-26-12-3-1-4-13-26)35(42)38-29-16-8-9-17-29/h1-7,10-15,18-21,23,29,33H,8-9,16-17,22,24-25H2,(H,38,42)/t33-/m1/s1. The van der Waals surface area contributed by atoms with Gasteiger partial charge in [0.15, 0.2) is 0 Å². The number of anilines is 1. The van der Waals surface area contributed by atoms with Crippen molar-refractivity contribution in [3.05, 3.63) is 131 Å². The highest BCUT2D eigenvalue weighted by Crippen LogP contribution is 2.28. The Kier molecular flexibility index (Phi) is 10.7. The molecule has 1 aliphatic rings. The molecule has 0 bridgehead atoms. The van der Waals surface area contributed by atoms with Crippen molar-refractivity contribution < 1.29 is 22.4 Å². The Labute approximate surface area is 272 Å². The van der Waals surface area contributed by atoms with Gasteiger partial charge in [-0.3, -0.25) is 13.9 Å². The van der Waals surface area contributed by atoms with Crippen molar-refractivity contribution in [2.45, 2.75) is 55.6 Å². The predicted octanol–water partition coefficient (Wildman–Crippen LogP) is 6.48. The predicted molar refractivity (Wildman–Crippen MR) is 176 cm³/mol. The summed E-state index contributed by atoms with van der Waals surface area (Å²) in [6, 6.07) is 28.9. The summed E-state index contributed by atoms with van der Waals surface area (Å²) >= 11 is 3.41. The Balaban J connectivity index is 1.57. The third-order valence-corrected chi connectivity index (χ3v) is 10.3. The van der Waals surface area contributed by atoms with Crippen molar-refractivity contribution in [3.8, 4) is 0 Å². The molecule has 7 nitrogen and oxygen atoms in total.